The minimum atomic E-state index is -0.806. The highest BCUT2D eigenvalue weighted by Gasteiger charge is 2.49. The molecule has 1 aliphatic rings. The second kappa shape index (κ2) is 19.8. The van der Waals surface area contributed by atoms with Crippen molar-refractivity contribution in [2.24, 2.45) is 0 Å². The Bertz CT molecular complexity index is 1790. The number of hydrogen-bond acceptors (Lipinski definition) is 7. The third kappa shape index (κ3) is 11.2. The van der Waals surface area contributed by atoms with Crippen molar-refractivity contribution in [1.82, 2.24) is 0 Å². The van der Waals surface area contributed by atoms with Crippen LogP contribution in [0.5, 0.6) is 5.75 Å². The van der Waals surface area contributed by atoms with Crippen LogP contribution in [-0.2, 0) is 61.5 Å². The van der Waals surface area contributed by atoms with Crippen LogP contribution in [0.4, 0.5) is 0 Å². The van der Waals surface area contributed by atoms with E-state index in [1.807, 2.05) is 127 Å². The lowest BCUT2D eigenvalue weighted by Crippen LogP contribution is -2.61. The fraction of sp³-hybridized carbons (Fsp3) is 0.286. The summed E-state index contributed by atoms with van der Waals surface area (Å²) in [6.07, 6.45) is -3.26. The van der Waals surface area contributed by atoms with Gasteiger partial charge in [0.15, 0.2) is 6.29 Å². The van der Waals surface area contributed by atoms with Crippen molar-refractivity contribution in [3.05, 3.63) is 169 Å². The summed E-state index contributed by atoms with van der Waals surface area (Å²) in [6.45, 7) is 1.82. The quantitative estimate of drug-likeness (QED) is 0.0923. The molecule has 1 fully saturated rings. The van der Waals surface area contributed by atoms with Crippen LogP contribution in [-0.4, -0.2) is 44.4 Å². The van der Waals surface area contributed by atoms with Crippen LogP contribution in [0, 0.1) is 0 Å². The number of benzene rings is 5. The molecule has 1 aliphatic heterocycles. The predicted molar refractivity (Wildman–Crippen MR) is 208 cm³/mol. The van der Waals surface area contributed by atoms with Crippen molar-refractivity contribution in [2.75, 3.05) is 13.7 Å². The van der Waals surface area contributed by atoms with Gasteiger partial charge >= 0.3 is 0 Å². The summed E-state index contributed by atoms with van der Waals surface area (Å²) in [5.41, 5.74) is 4.96. The van der Waals surface area contributed by atoms with Crippen molar-refractivity contribution in [1.29, 1.82) is 0 Å². The molecule has 1 saturated heterocycles. The fourth-order valence-corrected chi connectivity index (χ4v) is 6.62. The number of rotatable bonds is 17. The minimum Gasteiger partial charge on any atom is -0.497 e. The highest BCUT2D eigenvalue weighted by Crippen LogP contribution is 2.33. The smallest absolute Gasteiger partial charge is 0.187 e. The molecule has 5 atom stereocenters. The van der Waals surface area contributed by atoms with Gasteiger partial charge in [0.1, 0.15) is 30.2 Å². The molecule has 6 rings (SSSR count). The van der Waals surface area contributed by atoms with Gasteiger partial charge in [-0.15, -0.1) is 0 Å². The molecule has 0 aliphatic carbocycles. The minimum absolute atomic E-state index is 0.229. The van der Waals surface area contributed by atoms with Crippen molar-refractivity contribution < 1.29 is 33.2 Å². The summed E-state index contributed by atoms with van der Waals surface area (Å²) in [4.78, 5) is 0. The normalized spacial score (nSPS) is 20.1. The fourth-order valence-electron chi connectivity index (χ4n) is 5.83. The Morgan fingerprint density at radius 3 is 1.81 bits per heavy atom. The molecule has 0 amide bonds. The van der Waals surface area contributed by atoms with Crippen LogP contribution in [0.2, 0.25) is 5.02 Å². The molecule has 0 N–H and O–H groups in total. The third-order valence-electron chi connectivity index (χ3n) is 8.66. The van der Waals surface area contributed by atoms with Gasteiger partial charge in [-0.2, -0.15) is 0 Å². The van der Waals surface area contributed by atoms with Crippen molar-refractivity contribution >= 4 is 43.5 Å². The lowest BCUT2D eigenvalue weighted by Gasteiger charge is -2.46. The lowest BCUT2D eigenvalue weighted by atomic mass is 9.97. The molecule has 0 spiro atoms. The van der Waals surface area contributed by atoms with E-state index >= 15 is 0 Å². The number of methoxy groups -OCH3 is 1. The van der Waals surface area contributed by atoms with Gasteiger partial charge < -0.3 is 33.2 Å². The molecule has 7 nitrogen and oxygen atoms in total. The number of ether oxygens (including phenoxy) is 7. The zero-order valence-electron chi connectivity index (χ0n) is 28.7. The molecule has 1 heterocycles. The first kappa shape index (κ1) is 38.6. The average molecular weight is 853 g/mol. The van der Waals surface area contributed by atoms with Gasteiger partial charge in [-0.3, -0.25) is 0 Å². The van der Waals surface area contributed by atoms with E-state index < -0.39 is 30.7 Å². The topological polar surface area (TPSA) is 64.6 Å². The molecule has 0 saturated carbocycles. The monoisotopic (exact) mass is 850 g/mol. The maximum atomic E-state index is 6.86. The Kier molecular flexibility index (Phi) is 14.7. The first-order valence-corrected chi connectivity index (χ1v) is 19.0. The van der Waals surface area contributed by atoms with E-state index in [1.54, 1.807) is 7.11 Å². The van der Waals surface area contributed by atoms with Crippen LogP contribution >= 0.6 is 43.5 Å². The number of halogens is 3. The summed E-state index contributed by atoms with van der Waals surface area (Å²) in [7, 11) is 1.65. The lowest BCUT2D eigenvalue weighted by molar-refractivity contribution is -0.330. The summed E-state index contributed by atoms with van der Waals surface area (Å²) in [5, 5.41) is 0.656. The molecule has 0 radical (unpaired) electrons. The molecule has 272 valence electrons. The van der Waals surface area contributed by atoms with Gasteiger partial charge in [-0.25, -0.2) is 0 Å². The molecule has 1 unspecified atom stereocenters. The van der Waals surface area contributed by atoms with E-state index in [1.165, 1.54) is 0 Å². The van der Waals surface area contributed by atoms with Gasteiger partial charge in [0.2, 0.25) is 0 Å². The molecular formula is C42H41Br2ClO7. The van der Waals surface area contributed by atoms with Crippen LogP contribution in [0.15, 0.2) is 136 Å². The van der Waals surface area contributed by atoms with Crippen molar-refractivity contribution in [3.63, 3.8) is 0 Å². The van der Waals surface area contributed by atoms with E-state index in [0.29, 0.717) is 31.5 Å². The van der Waals surface area contributed by atoms with E-state index in [4.69, 9.17) is 44.8 Å². The predicted octanol–water partition coefficient (Wildman–Crippen LogP) is 10.1. The Hall–Kier alpha value is -3.09. The third-order valence-corrected chi connectivity index (χ3v) is 10.2. The van der Waals surface area contributed by atoms with Gasteiger partial charge in [-0.1, -0.05) is 128 Å². The molecule has 0 bridgehead atoms. The maximum Gasteiger partial charge on any atom is 0.187 e. The second-order valence-electron chi connectivity index (χ2n) is 12.4. The zero-order valence-corrected chi connectivity index (χ0v) is 32.7. The maximum absolute atomic E-state index is 6.86. The van der Waals surface area contributed by atoms with Crippen molar-refractivity contribution in [3.8, 4) is 5.75 Å². The zero-order chi connectivity index (χ0) is 36.1. The van der Waals surface area contributed by atoms with Gasteiger partial charge in [0.05, 0.1) is 46.8 Å². The Balaban J connectivity index is 1.31. The first-order valence-electron chi connectivity index (χ1n) is 17.0. The van der Waals surface area contributed by atoms with Crippen LogP contribution in [0.1, 0.15) is 27.8 Å². The van der Waals surface area contributed by atoms with E-state index in [-0.39, 0.29) is 13.2 Å². The first-order chi connectivity index (χ1) is 25.4. The highest BCUT2D eigenvalue weighted by atomic mass is 79.9. The van der Waals surface area contributed by atoms with Crippen LogP contribution < -0.4 is 4.74 Å². The van der Waals surface area contributed by atoms with Crippen LogP contribution in [0.25, 0.3) is 0 Å². The highest BCUT2D eigenvalue weighted by molar-refractivity contribution is 9.10. The standard InChI is InChI=1S/C42H41Br2ClO7/c1-46-36-21-15-32(16-22-36)25-49-41-40(50-27-33-9-5-6-10-37(33)44)39(48-24-31-13-19-35(45)20-14-31)38(28-47-23-30-11-17-34(43)18-12-30)52-42(41)51-26-29-7-3-2-4-8-29/h2-22,38-42H,23-28H2,1H3/t38-,39-,40+,41?,42-/m1/s1. The summed E-state index contributed by atoms with van der Waals surface area (Å²) >= 11 is 13.4. The molecule has 52 heavy (non-hydrogen) atoms. The van der Waals surface area contributed by atoms with Crippen molar-refractivity contribution in [2.45, 2.75) is 63.7 Å². The summed E-state index contributed by atoms with van der Waals surface area (Å²) < 4.78 is 47.3. The van der Waals surface area contributed by atoms with E-state index in [0.717, 1.165) is 42.5 Å². The summed E-state index contributed by atoms with van der Waals surface area (Å²) in [6, 6.07) is 41.4. The van der Waals surface area contributed by atoms with Gasteiger partial charge in [0.25, 0.3) is 0 Å². The molecule has 0 aromatic heterocycles. The summed E-state index contributed by atoms with van der Waals surface area (Å²) in [5.74, 6) is 0.769. The molecule has 10 heteroatoms. The molecule has 5 aromatic carbocycles. The Labute approximate surface area is 327 Å². The molecular weight excluding hydrogens is 812 g/mol. The second-order valence-corrected chi connectivity index (χ2v) is 14.6. The molecule has 5 aromatic rings. The Morgan fingerprint density at radius 1 is 0.558 bits per heavy atom. The van der Waals surface area contributed by atoms with E-state index in [9.17, 15) is 0 Å². The SMILES string of the molecule is COc1ccc(COC2[C@H](OCc3ccccc3)O[C@H](COCc3ccc(Br)cc3)[C@@H](OCc3ccc(Cl)cc3)[C@@H]2OCc2ccccc2Br)cc1. The van der Waals surface area contributed by atoms with Gasteiger partial charge in [0, 0.05) is 14.0 Å². The van der Waals surface area contributed by atoms with Gasteiger partial charge in [-0.05, 0) is 70.3 Å². The Morgan fingerprint density at radius 2 is 1.12 bits per heavy atom. The van der Waals surface area contributed by atoms with E-state index in [2.05, 4.69) is 31.9 Å². The van der Waals surface area contributed by atoms with Crippen LogP contribution in [0.3, 0.4) is 0 Å². The largest absolute Gasteiger partial charge is 0.497 e. The number of hydrogen-bond donors (Lipinski definition) is 0. The average Bonchev–Trinajstić information content (AvgIpc) is 3.17.